The van der Waals surface area contributed by atoms with Gasteiger partial charge in [0.15, 0.2) is 0 Å². The Hall–Kier alpha value is -0.560. The number of rotatable bonds is 20. The quantitative estimate of drug-likeness (QED) is 0.0674. The lowest BCUT2D eigenvalue weighted by Gasteiger charge is -2.42. The molecule has 0 spiro atoms. The van der Waals surface area contributed by atoms with Gasteiger partial charge in [0.1, 0.15) is 0 Å². The third-order valence-electron chi connectivity index (χ3n) is 24.7. The zero-order valence-electron chi connectivity index (χ0n) is 59.1. The summed E-state index contributed by atoms with van der Waals surface area (Å²) in [6.45, 7) is 8.18. The van der Waals surface area contributed by atoms with Crippen molar-refractivity contribution in [2.45, 2.75) is 363 Å². The van der Waals surface area contributed by atoms with Crippen LogP contribution in [0.2, 0.25) is 0 Å². The summed E-state index contributed by atoms with van der Waals surface area (Å²) in [5.74, 6) is 6.06. The van der Waals surface area contributed by atoms with E-state index in [9.17, 15) is 30.6 Å². The molecule has 0 aromatic rings. The van der Waals surface area contributed by atoms with Gasteiger partial charge >= 0.3 is 0 Å². The molecule has 14 nitrogen and oxygen atoms in total. The first-order valence-corrected chi connectivity index (χ1v) is 38.2. The first-order valence-electron chi connectivity index (χ1n) is 38.2. The van der Waals surface area contributed by atoms with Crippen molar-refractivity contribution in [2.24, 2.45) is 65.1 Å². The number of hydrogen-bond acceptors (Lipinski definition) is 14. The Morgan fingerprint density at radius 1 is 0.311 bits per heavy atom. The molecular weight excluding hydrogens is 1140 g/mol. The minimum Gasteiger partial charge on any atom is -0.393 e. The summed E-state index contributed by atoms with van der Waals surface area (Å²) in [5.41, 5.74) is 0. The van der Waals surface area contributed by atoms with Crippen molar-refractivity contribution in [1.29, 1.82) is 0 Å². The largest absolute Gasteiger partial charge is 0.393 e. The highest BCUT2D eigenvalue weighted by Gasteiger charge is 2.43. The normalized spacial score (nSPS) is 37.1. The zero-order chi connectivity index (χ0) is 64.8. The first-order chi connectivity index (χ1) is 43.7. The van der Waals surface area contributed by atoms with Gasteiger partial charge in [0.05, 0.1) is 85.5 Å². The van der Waals surface area contributed by atoms with E-state index in [1.54, 1.807) is 21.3 Å². The topological polar surface area (TPSA) is 195 Å². The second-order valence-corrected chi connectivity index (χ2v) is 30.5. The van der Waals surface area contributed by atoms with Crippen LogP contribution in [0.1, 0.15) is 278 Å². The van der Waals surface area contributed by atoms with Gasteiger partial charge < -0.3 is 68.5 Å². The Balaban J connectivity index is 0.000000179. The summed E-state index contributed by atoms with van der Waals surface area (Å²) in [6.07, 6.45) is 47.5. The summed E-state index contributed by atoms with van der Waals surface area (Å²) in [7, 11) is 10.8. The van der Waals surface area contributed by atoms with Crippen LogP contribution in [0.25, 0.3) is 0 Å². The monoisotopic (exact) mass is 1280 g/mol. The summed E-state index contributed by atoms with van der Waals surface area (Å²) in [5, 5.41) is 59.8. The standard InChI is InChI=1S/C16H30O3.C16H30O2.2C15H28O3.C14H26O3/c1-3-19-16(12-7-5-4-6-8-12)14-10-9-13(17)11-15(14)18-2;1-3-18-16(13-7-5-4-6-8-13)14-9-11-15(17-2)12-10-14;1-17-12-8-9-13(14(16)10-12)15(18-2)11-6-4-3-5-7-11;1-17-14-10-12(16)8-9-13(14)15(18-2)11-6-4-3-5-7-11;1-9-2-4-10(5-3-9)14(17)12-7-6-11(15)8-13(12)16/h12-17H,3-11H2,1-2H3;13-16H,3-12H2,1-2H3;2*11-16H,3-10H2,1-2H3;9-17H,2-8H2,1H3. The predicted octanol–water partition coefficient (Wildman–Crippen LogP) is 14.5. The number of hydrogen-bond donors (Lipinski definition) is 6. The smallest absolute Gasteiger partial charge is 0.0656 e. The van der Waals surface area contributed by atoms with Crippen molar-refractivity contribution >= 4 is 0 Å². The van der Waals surface area contributed by atoms with E-state index in [1.807, 2.05) is 21.3 Å². The van der Waals surface area contributed by atoms with E-state index in [0.717, 1.165) is 114 Å². The Kier molecular flexibility index (Phi) is 38.1. The molecule has 0 saturated heterocycles. The maximum absolute atomic E-state index is 10.4. The van der Waals surface area contributed by atoms with Crippen LogP contribution in [0.4, 0.5) is 0 Å². The molecule has 17 atom stereocenters. The molecule has 10 aliphatic carbocycles. The molecule has 17 unspecified atom stereocenters. The molecule has 10 aliphatic rings. The molecule has 0 aromatic carbocycles. The van der Waals surface area contributed by atoms with Crippen LogP contribution in [-0.2, 0) is 37.9 Å². The number of aliphatic hydroxyl groups is 6. The maximum Gasteiger partial charge on any atom is 0.0656 e. The van der Waals surface area contributed by atoms with Crippen LogP contribution in [0.3, 0.4) is 0 Å². The molecule has 0 aliphatic heterocycles. The Morgan fingerprint density at radius 2 is 0.656 bits per heavy atom. The minimum atomic E-state index is -0.520. The molecule has 0 heterocycles. The Morgan fingerprint density at radius 3 is 1.07 bits per heavy atom. The molecule has 0 aromatic heterocycles. The van der Waals surface area contributed by atoms with E-state index in [1.165, 1.54) is 167 Å². The second kappa shape index (κ2) is 43.7. The van der Waals surface area contributed by atoms with Crippen LogP contribution in [-0.4, -0.2) is 172 Å². The molecule has 530 valence electrons. The predicted molar refractivity (Wildman–Crippen MR) is 360 cm³/mol. The number of aliphatic hydroxyl groups excluding tert-OH is 6. The fraction of sp³-hybridized carbons (Fsp3) is 1.00. The highest BCUT2D eigenvalue weighted by Crippen LogP contribution is 2.44. The van der Waals surface area contributed by atoms with E-state index in [4.69, 9.17) is 37.9 Å². The SMILES string of the molecule is CC1CCC(C(O)C2CCC(O)CC2O)CC1.CCOC(C1CCCCC1)C1CCC(O)CC1OC.CCOC(C1CCCCC1)C1CCC(OC)CC1.COC1CC(O)CCC1C(OC)C1CCCCC1.COC1CCC(C(OC)C2CCCCC2)C(O)C1. The highest BCUT2D eigenvalue weighted by molar-refractivity contribution is 4.94. The van der Waals surface area contributed by atoms with E-state index in [0.29, 0.717) is 72.3 Å². The van der Waals surface area contributed by atoms with Crippen molar-refractivity contribution < 1.29 is 68.5 Å². The zero-order valence-corrected chi connectivity index (χ0v) is 59.1. The van der Waals surface area contributed by atoms with Gasteiger partial charge in [-0.3, -0.25) is 0 Å². The van der Waals surface area contributed by atoms with Crippen molar-refractivity contribution in [3.63, 3.8) is 0 Å². The summed E-state index contributed by atoms with van der Waals surface area (Å²) >= 11 is 0. The Bertz CT molecular complexity index is 1740. The van der Waals surface area contributed by atoms with Crippen molar-refractivity contribution in [1.82, 2.24) is 0 Å². The van der Waals surface area contributed by atoms with E-state index in [-0.39, 0.29) is 60.9 Å². The summed E-state index contributed by atoms with van der Waals surface area (Å²) in [4.78, 5) is 0. The van der Waals surface area contributed by atoms with Gasteiger partial charge in [-0.15, -0.1) is 0 Å². The molecule has 10 saturated carbocycles. The lowest BCUT2D eigenvalue weighted by atomic mass is 9.72. The van der Waals surface area contributed by atoms with Crippen LogP contribution >= 0.6 is 0 Å². The van der Waals surface area contributed by atoms with Crippen LogP contribution < -0.4 is 0 Å². The van der Waals surface area contributed by atoms with Crippen molar-refractivity contribution in [2.75, 3.05) is 55.9 Å². The fourth-order valence-electron chi connectivity index (χ4n) is 19.4. The minimum absolute atomic E-state index is 0.0168. The van der Waals surface area contributed by atoms with Gasteiger partial charge in [-0.25, -0.2) is 0 Å². The van der Waals surface area contributed by atoms with Gasteiger partial charge in [0, 0.05) is 79.5 Å². The summed E-state index contributed by atoms with van der Waals surface area (Å²) < 4.78 is 46.0. The second-order valence-electron chi connectivity index (χ2n) is 30.5. The third-order valence-corrected chi connectivity index (χ3v) is 24.7. The fourth-order valence-corrected chi connectivity index (χ4v) is 19.4. The first kappa shape index (κ1) is 78.4. The number of methoxy groups -OCH3 is 6. The summed E-state index contributed by atoms with van der Waals surface area (Å²) in [6, 6.07) is 0. The lowest BCUT2D eigenvalue weighted by Crippen LogP contribution is -2.44. The molecule has 0 amide bonds. The van der Waals surface area contributed by atoms with Crippen molar-refractivity contribution in [3.05, 3.63) is 0 Å². The van der Waals surface area contributed by atoms with Crippen LogP contribution in [0, 0.1) is 65.1 Å². The average molecular weight is 1280 g/mol. The number of ether oxygens (including phenoxy) is 8. The van der Waals surface area contributed by atoms with E-state index >= 15 is 0 Å². The van der Waals surface area contributed by atoms with Gasteiger partial charge in [0.25, 0.3) is 0 Å². The molecule has 0 bridgehead atoms. The molecule has 90 heavy (non-hydrogen) atoms. The lowest BCUT2D eigenvalue weighted by molar-refractivity contribution is -0.111. The van der Waals surface area contributed by atoms with Gasteiger partial charge in [0.2, 0.25) is 0 Å². The molecule has 0 radical (unpaired) electrons. The Labute approximate surface area is 550 Å². The molecular formula is C76H142O14. The van der Waals surface area contributed by atoms with Crippen LogP contribution in [0.5, 0.6) is 0 Å². The van der Waals surface area contributed by atoms with E-state index in [2.05, 4.69) is 20.8 Å². The third kappa shape index (κ3) is 25.1. The molecule has 10 fully saturated rings. The molecule has 10 rings (SSSR count). The van der Waals surface area contributed by atoms with Crippen molar-refractivity contribution in [3.8, 4) is 0 Å². The van der Waals surface area contributed by atoms with E-state index < -0.39 is 6.10 Å². The molecule has 6 N–H and O–H groups in total. The van der Waals surface area contributed by atoms with Gasteiger partial charge in [-0.05, 0) is 222 Å². The van der Waals surface area contributed by atoms with Gasteiger partial charge in [-0.1, -0.05) is 96.8 Å². The van der Waals surface area contributed by atoms with Crippen LogP contribution in [0.15, 0.2) is 0 Å². The van der Waals surface area contributed by atoms with Gasteiger partial charge in [-0.2, -0.15) is 0 Å². The maximum atomic E-state index is 10.4. The highest BCUT2D eigenvalue weighted by atomic mass is 16.5. The molecule has 14 heteroatoms. The average Bonchev–Trinajstić information content (AvgIpc) is 2.75.